The maximum atomic E-state index is 11.4. The minimum absolute atomic E-state index is 0.421. The van der Waals surface area contributed by atoms with Crippen molar-refractivity contribution >= 4 is 12.0 Å². The summed E-state index contributed by atoms with van der Waals surface area (Å²) in [6, 6.07) is 15.8. The molecule has 0 spiro atoms. The van der Waals surface area contributed by atoms with Gasteiger partial charge >= 0.3 is 5.97 Å². The molecular weight excluding hydrogens is 318 g/mol. The molecule has 2 aromatic carbocycles. The van der Waals surface area contributed by atoms with Crippen LogP contribution in [0.5, 0.6) is 5.75 Å². The molecule has 0 bridgehead atoms. The molecule has 0 aromatic heterocycles. The summed E-state index contributed by atoms with van der Waals surface area (Å²) >= 11 is 0. The van der Waals surface area contributed by atoms with Crippen molar-refractivity contribution in [2.24, 2.45) is 0 Å². The largest absolute Gasteiger partial charge is 0.491 e. The Morgan fingerprint density at radius 1 is 1.00 bits per heavy atom. The Balaban J connectivity index is 1.95. The van der Waals surface area contributed by atoms with E-state index in [0.717, 1.165) is 22.4 Å². The molecule has 0 aliphatic carbocycles. The number of carbonyl (C=O) groups is 1. The molecule has 0 fully saturated rings. The summed E-state index contributed by atoms with van der Waals surface area (Å²) in [6.45, 7) is 3.53. The number of carbonyl (C=O) groups excluding carboxylic acids is 1. The average molecular weight is 341 g/mol. The first-order valence-electron chi connectivity index (χ1n) is 8.17. The zero-order chi connectivity index (χ0) is 17.9. The zero-order valence-corrected chi connectivity index (χ0v) is 14.5. The van der Waals surface area contributed by atoms with Crippen molar-refractivity contribution in [1.82, 2.24) is 5.48 Å². The predicted molar refractivity (Wildman–Crippen MR) is 98.1 cm³/mol. The van der Waals surface area contributed by atoms with E-state index in [-0.39, 0.29) is 0 Å². The van der Waals surface area contributed by atoms with Crippen molar-refractivity contribution in [1.29, 1.82) is 0 Å². The van der Waals surface area contributed by atoms with Crippen molar-refractivity contribution in [2.45, 2.75) is 6.92 Å². The number of methoxy groups -OCH3 is 1. The number of hydrogen-bond acceptors (Lipinski definition) is 5. The molecule has 0 aliphatic rings. The van der Waals surface area contributed by atoms with E-state index in [1.54, 1.807) is 13.2 Å². The van der Waals surface area contributed by atoms with Gasteiger partial charge in [0.05, 0.1) is 6.61 Å². The highest BCUT2D eigenvalue weighted by Crippen LogP contribution is 2.23. The van der Waals surface area contributed by atoms with Gasteiger partial charge in [-0.05, 0) is 41.8 Å². The number of rotatable bonds is 9. The quantitative estimate of drug-likeness (QED) is 0.430. The van der Waals surface area contributed by atoms with Crippen molar-refractivity contribution in [3.8, 4) is 16.9 Å². The number of hydroxylamine groups is 1. The van der Waals surface area contributed by atoms with Crippen LogP contribution < -0.4 is 10.2 Å². The summed E-state index contributed by atoms with van der Waals surface area (Å²) < 4.78 is 10.5. The molecule has 0 saturated heterocycles. The molecule has 0 amide bonds. The highest BCUT2D eigenvalue weighted by atomic mass is 16.7. The smallest absolute Gasteiger partial charge is 0.349 e. The van der Waals surface area contributed by atoms with E-state index in [2.05, 4.69) is 5.48 Å². The molecule has 0 heterocycles. The molecule has 1 N–H and O–H groups in total. The molecule has 5 nitrogen and oxygen atoms in total. The van der Waals surface area contributed by atoms with E-state index < -0.39 is 5.97 Å². The van der Waals surface area contributed by atoms with Gasteiger partial charge in [-0.3, -0.25) is 0 Å². The van der Waals surface area contributed by atoms with Crippen molar-refractivity contribution in [3.63, 3.8) is 0 Å². The summed E-state index contributed by atoms with van der Waals surface area (Å²) in [5, 5.41) is 0. The van der Waals surface area contributed by atoms with Crippen molar-refractivity contribution < 1.29 is 19.1 Å². The first kappa shape index (κ1) is 18.7. The van der Waals surface area contributed by atoms with Gasteiger partial charge in [0.1, 0.15) is 12.4 Å². The van der Waals surface area contributed by atoms with Crippen LogP contribution in [0.4, 0.5) is 0 Å². The predicted octanol–water partition coefficient (Wildman–Crippen LogP) is 3.46. The normalized spacial score (nSPS) is 10.8. The first-order chi connectivity index (χ1) is 12.2. The van der Waals surface area contributed by atoms with E-state index in [4.69, 9.17) is 14.3 Å². The molecule has 0 unspecified atom stereocenters. The van der Waals surface area contributed by atoms with Crippen LogP contribution >= 0.6 is 0 Å². The van der Waals surface area contributed by atoms with Crippen LogP contribution in [-0.4, -0.2) is 32.8 Å². The van der Waals surface area contributed by atoms with E-state index in [9.17, 15) is 4.79 Å². The monoisotopic (exact) mass is 341 g/mol. The van der Waals surface area contributed by atoms with Gasteiger partial charge in [-0.2, -0.15) is 5.48 Å². The van der Waals surface area contributed by atoms with Crippen LogP contribution in [0, 0.1) is 0 Å². The third-order valence-electron chi connectivity index (χ3n) is 3.38. The van der Waals surface area contributed by atoms with Crippen LogP contribution in [0.2, 0.25) is 0 Å². The molecule has 2 rings (SSSR count). The Hall–Kier alpha value is -2.63. The minimum Gasteiger partial charge on any atom is -0.491 e. The Kier molecular flexibility index (Phi) is 7.69. The van der Waals surface area contributed by atoms with E-state index in [1.807, 2.05) is 55.5 Å². The first-order valence-corrected chi connectivity index (χ1v) is 8.17. The number of hydrogen-bond donors (Lipinski definition) is 1. The van der Waals surface area contributed by atoms with Gasteiger partial charge in [-0.25, -0.2) is 4.79 Å². The molecule has 5 heteroatoms. The molecule has 0 radical (unpaired) electrons. The molecule has 2 aromatic rings. The molecule has 0 saturated carbocycles. The third kappa shape index (κ3) is 6.41. The maximum Gasteiger partial charge on any atom is 0.349 e. The van der Waals surface area contributed by atoms with Crippen LogP contribution in [-0.2, 0) is 14.4 Å². The Bertz CT molecular complexity index is 678. The lowest BCUT2D eigenvalue weighted by molar-refractivity contribution is -0.144. The summed E-state index contributed by atoms with van der Waals surface area (Å²) in [6.07, 6.45) is 3.11. The second kappa shape index (κ2) is 10.3. The van der Waals surface area contributed by atoms with Crippen LogP contribution in [0.25, 0.3) is 17.2 Å². The molecular formula is C20H23NO4. The Morgan fingerprint density at radius 2 is 1.64 bits per heavy atom. The van der Waals surface area contributed by atoms with Gasteiger partial charge in [0.2, 0.25) is 0 Å². The van der Waals surface area contributed by atoms with E-state index >= 15 is 0 Å². The highest BCUT2D eigenvalue weighted by molar-refractivity contribution is 5.87. The van der Waals surface area contributed by atoms with Gasteiger partial charge in [0.15, 0.2) is 0 Å². The lowest BCUT2D eigenvalue weighted by Crippen LogP contribution is -2.17. The number of ether oxygens (including phenoxy) is 2. The van der Waals surface area contributed by atoms with Crippen LogP contribution in [0.15, 0.2) is 54.6 Å². The SMILES string of the molecule is CCNOC(=O)/C=C/c1ccc(-c2ccc(OCCOC)cc2)cc1. The number of benzene rings is 2. The summed E-state index contributed by atoms with van der Waals surface area (Å²) in [4.78, 5) is 16.2. The van der Waals surface area contributed by atoms with Crippen LogP contribution in [0.3, 0.4) is 0 Å². The highest BCUT2D eigenvalue weighted by Gasteiger charge is 2.00. The van der Waals surface area contributed by atoms with Gasteiger partial charge in [0, 0.05) is 19.7 Å². The van der Waals surface area contributed by atoms with Crippen LogP contribution in [0.1, 0.15) is 12.5 Å². The zero-order valence-electron chi connectivity index (χ0n) is 14.5. The Morgan fingerprint density at radius 3 is 2.24 bits per heavy atom. The van der Waals surface area contributed by atoms with Gasteiger partial charge in [-0.1, -0.05) is 36.4 Å². The standard InChI is InChI=1S/C20H23NO4/c1-3-21-25-20(22)13-6-16-4-7-17(8-5-16)18-9-11-19(12-10-18)24-15-14-23-2/h4-13,21H,3,14-15H2,1-2H3/b13-6+. The summed E-state index contributed by atoms with van der Waals surface area (Å²) in [5.41, 5.74) is 5.64. The molecule has 0 aliphatic heterocycles. The van der Waals surface area contributed by atoms with E-state index in [0.29, 0.717) is 19.8 Å². The van der Waals surface area contributed by atoms with Crippen molar-refractivity contribution in [3.05, 3.63) is 60.2 Å². The topological polar surface area (TPSA) is 56.8 Å². The fourth-order valence-corrected chi connectivity index (χ4v) is 2.11. The minimum atomic E-state index is -0.421. The van der Waals surface area contributed by atoms with Crippen molar-refractivity contribution in [2.75, 3.05) is 26.9 Å². The average Bonchev–Trinajstić information content (AvgIpc) is 2.66. The third-order valence-corrected chi connectivity index (χ3v) is 3.38. The Labute approximate surface area is 148 Å². The van der Waals surface area contributed by atoms with Gasteiger partial charge < -0.3 is 14.3 Å². The fraction of sp³-hybridized carbons (Fsp3) is 0.250. The lowest BCUT2D eigenvalue weighted by Gasteiger charge is -2.07. The molecule has 25 heavy (non-hydrogen) atoms. The summed E-state index contributed by atoms with van der Waals surface area (Å²) in [7, 11) is 1.65. The number of nitrogens with one attached hydrogen (secondary N) is 1. The molecule has 0 atom stereocenters. The molecule has 132 valence electrons. The lowest BCUT2D eigenvalue weighted by atomic mass is 10.0. The summed E-state index contributed by atoms with van der Waals surface area (Å²) in [5.74, 6) is 0.398. The second-order valence-electron chi connectivity index (χ2n) is 5.24. The van der Waals surface area contributed by atoms with Gasteiger partial charge in [-0.15, -0.1) is 0 Å². The maximum absolute atomic E-state index is 11.4. The van der Waals surface area contributed by atoms with E-state index in [1.165, 1.54) is 6.08 Å². The van der Waals surface area contributed by atoms with Gasteiger partial charge in [0.25, 0.3) is 0 Å². The fourth-order valence-electron chi connectivity index (χ4n) is 2.11. The second-order valence-corrected chi connectivity index (χ2v) is 5.24.